The molecule has 4 heteroatoms. The summed E-state index contributed by atoms with van der Waals surface area (Å²) in [7, 11) is 0. The van der Waals surface area contributed by atoms with Gasteiger partial charge in [0.25, 0.3) is 0 Å². The number of benzene rings is 1. The first-order valence-corrected chi connectivity index (χ1v) is 3.87. The summed E-state index contributed by atoms with van der Waals surface area (Å²) in [4.78, 5) is 9.45. The number of rotatable bonds is 0. The zero-order valence-electron chi connectivity index (χ0n) is 5.50. The fourth-order valence-corrected chi connectivity index (χ4v) is 1.32. The number of phenolic OH excluding ortho intramolecular Hbond substituents is 1. The largest absolute Gasteiger partial charge is 0.507 e. The van der Waals surface area contributed by atoms with Crippen molar-refractivity contribution in [2.75, 3.05) is 0 Å². The molecular formula is C7H5BrO3. The van der Waals surface area contributed by atoms with E-state index in [-0.39, 0.29) is 5.75 Å². The Morgan fingerprint density at radius 3 is 3.09 bits per heavy atom. The SMILES string of the molecule is Oc1cc2c(cc1Br)COO2. The van der Waals surface area contributed by atoms with Gasteiger partial charge in [-0.15, -0.1) is 0 Å². The predicted octanol–water partition coefficient (Wildman–Crippen LogP) is 1.98. The molecule has 0 saturated carbocycles. The van der Waals surface area contributed by atoms with E-state index in [1.807, 2.05) is 0 Å². The molecule has 0 fully saturated rings. The van der Waals surface area contributed by atoms with Gasteiger partial charge in [0.2, 0.25) is 0 Å². The average molecular weight is 217 g/mol. The van der Waals surface area contributed by atoms with Crippen molar-refractivity contribution in [1.82, 2.24) is 0 Å². The molecule has 0 aromatic heterocycles. The van der Waals surface area contributed by atoms with Gasteiger partial charge in [-0.1, -0.05) is 0 Å². The van der Waals surface area contributed by atoms with Crippen LogP contribution in [0.25, 0.3) is 0 Å². The number of aromatic hydroxyl groups is 1. The maximum Gasteiger partial charge on any atom is 0.174 e. The van der Waals surface area contributed by atoms with Gasteiger partial charge < -0.3 is 9.99 Å². The third kappa shape index (κ3) is 1.08. The molecule has 1 aromatic rings. The third-order valence-electron chi connectivity index (χ3n) is 1.49. The predicted molar refractivity (Wildman–Crippen MR) is 41.2 cm³/mol. The van der Waals surface area contributed by atoms with Crippen LogP contribution in [-0.4, -0.2) is 5.11 Å². The minimum absolute atomic E-state index is 0.161. The summed E-state index contributed by atoms with van der Waals surface area (Å²) in [5.74, 6) is 0.750. The van der Waals surface area contributed by atoms with Crippen LogP contribution in [0.1, 0.15) is 5.56 Å². The lowest BCUT2D eigenvalue weighted by Crippen LogP contribution is -1.81. The van der Waals surface area contributed by atoms with Gasteiger partial charge in [-0.05, 0) is 22.0 Å². The lowest BCUT2D eigenvalue weighted by Gasteiger charge is -1.97. The molecule has 0 amide bonds. The number of fused-ring (bicyclic) bond motifs is 1. The van der Waals surface area contributed by atoms with Crippen LogP contribution in [0.15, 0.2) is 16.6 Å². The quantitative estimate of drug-likeness (QED) is 0.675. The molecule has 0 bridgehead atoms. The van der Waals surface area contributed by atoms with Crippen molar-refractivity contribution >= 4 is 15.9 Å². The van der Waals surface area contributed by atoms with Crippen LogP contribution in [0.3, 0.4) is 0 Å². The van der Waals surface area contributed by atoms with Gasteiger partial charge in [0.05, 0.1) is 4.47 Å². The average Bonchev–Trinajstić information content (AvgIpc) is 2.36. The van der Waals surface area contributed by atoms with Gasteiger partial charge in [0.1, 0.15) is 12.4 Å². The first-order chi connectivity index (χ1) is 5.27. The normalized spacial score (nSPS) is 14.3. The Kier molecular flexibility index (Phi) is 1.51. The van der Waals surface area contributed by atoms with Crippen LogP contribution in [-0.2, 0) is 11.5 Å². The summed E-state index contributed by atoms with van der Waals surface area (Å²) in [6.07, 6.45) is 0. The van der Waals surface area contributed by atoms with Gasteiger partial charge in [-0.3, -0.25) is 0 Å². The molecule has 1 N–H and O–H groups in total. The summed E-state index contributed by atoms with van der Waals surface area (Å²) < 4.78 is 0.658. The summed E-state index contributed by atoms with van der Waals surface area (Å²) in [5, 5.41) is 9.20. The van der Waals surface area contributed by atoms with E-state index >= 15 is 0 Å². The van der Waals surface area contributed by atoms with E-state index in [1.165, 1.54) is 6.07 Å². The van der Waals surface area contributed by atoms with Crippen molar-refractivity contribution in [3.05, 3.63) is 22.2 Å². The second-order valence-corrected chi connectivity index (χ2v) is 3.11. The van der Waals surface area contributed by atoms with Gasteiger partial charge in [-0.25, -0.2) is 0 Å². The molecule has 11 heavy (non-hydrogen) atoms. The van der Waals surface area contributed by atoms with Crippen molar-refractivity contribution in [2.45, 2.75) is 6.61 Å². The second kappa shape index (κ2) is 2.39. The molecule has 3 nitrogen and oxygen atoms in total. The summed E-state index contributed by atoms with van der Waals surface area (Å²) >= 11 is 3.19. The Balaban J connectivity index is 2.57. The first-order valence-electron chi connectivity index (χ1n) is 3.08. The van der Waals surface area contributed by atoms with Crippen LogP contribution in [0.4, 0.5) is 0 Å². The Labute approximate surface area is 71.6 Å². The summed E-state index contributed by atoms with van der Waals surface area (Å²) in [5.41, 5.74) is 0.940. The minimum Gasteiger partial charge on any atom is -0.507 e. The second-order valence-electron chi connectivity index (χ2n) is 2.26. The Morgan fingerprint density at radius 1 is 1.45 bits per heavy atom. The van der Waals surface area contributed by atoms with Crippen molar-refractivity contribution in [2.24, 2.45) is 0 Å². The minimum atomic E-state index is 0.161. The van der Waals surface area contributed by atoms with E-state index < -0.39 is 0 Å². The first kappa shape index (κ1) is 6.94. The standard InChI is InChI=1S/C7H5BrO3/c8-5-1-4-3-10-11-7(4)2-6(5)9/h1-2,9H,3H2. The highest BCUT2D eigenvalue weighted by molar-refractivity contribution is 9.10. The fourth-order valence-electron chi connectivity index (χ4n) is 0.931. The molecule has 0 aliphatic carbocycles. The Hall–Kier alpha value is -0.740. The highest BCUT2D eigenvalue weighted by Crippen LogP contribution is 2.35. The van der Waals surface area contributed by atoms with E-state index in [1.54, 1.807) is 6.07 Å². The summed E-state index contributed by atoms with van der Waals surface area (Å²) in [6.45, 7) is 0.439. The molecular weight excluding hydrogens is 212 g/mol. The summed E-state index contributed by atoms with van der Waals surface area (Å²) in [6, 6.07) is 3.30. The molecule has 0 saturated heterocycles. The molecule has 2 rings (SSSR count). The lowest BCUT2D eigenvalue weighted by atomic mass is 10.2. The smallest absolute Gasteiger partial charge is 0.174 e. The van der Waals surface area contributed by atoms with Crippen LogP contribution >= 0.6 is 15.9 Å². The molecule has 58 valence electrons. The monoisotopic (exact) mass is 216 g/mol. The number of halogens is 1. The topological polar surface area (TPSA) is 38.7 Å². The molecule has 1 aliphatic heterocycles. The van der Waals surface area contributed by atoms with E-state index in [9.17, 15) is 5.11 Å². The van der Waals surface area contributed by atoms with E-state index in [0.717, 1.165) is 5.56 Å². The fraction of sp³-hybridized carbons (Fsp3) is 0.143. The van der Waals surface area contributed by atoms with Gasteiger partial charge in [-0.2, -0.15) is 4.89 Å². The number of hydrogen-bond acceptors (Lipinski definition) is 3. The molecule has 1 heterocycles. The maximum absolute atomic E-state index is 9.20. The van der Waals surface area contributed by atoms with Crippen LogP contribution in [0.2, 0.25) is 0 Å². The Bertz CT molecular complexity index is 269. The van der Waals surface area contributed by atoms with Crippen molar-refractivity contribution < 1.29 is 14.9 Å². The van der Waals surface area contributed by atoms with Crippen LogP contribution in [0, 0.1) is 0 Å². The van der Waals surface area contributed by atoms with Crippen LogP contribution in [0.5, 0.6) is 11.5 Å². The highest BCUT2D eigenvalue weighted by atomic mass is 79.9. The van der Waals surface area contributed by atoms with Crippen molar-refractivity contribution in [1.29, 1.82) is 0 Å². The maximum atomic E-state index is 9.20. The lowest BCUT2D eigenvalue weighted by molar-refractivity contribution is -0.194. The molecule has 1 aliphatic rings. The van der Waals surface area contributed by atoms with Crippen molar-refractivity contribution in [3.63, 3.8) is 0 Å². The van der Waals surface area contributed by atoms with Crippen molar-refractivity contribution in [3.8, 4) is 11.5 Å². The van der Waals surface area contributed by atoms with Crippen LogP contribution < -0.4 is 4.89 Å². The highest BCUT2D eigenvalue weighted by Gasteiger charge is 2.15. The zero-order valence-corrected chi connectivity index (χ0v) is 7.09. The molecule has 0 unspecified atom stereocenters. The molecule has 0 radical (unpaired) electrons. The van der Waals surface area contributed by atoms with E-state index in [2.05, 4.69) is 15.9 Å². The van der Waals surface area contributed by atoms with E-state index in [4.69, 9.17) is 9.78 Å². The molecule has 0 spiro atoms. The molecule has 1 aromatic carbocycles. The number of phenols is 1. The third-order valence-corrected chi connectivity index (χ3v) is 2.13. The Morgan fingerprint density at radius 2 is 2.27 bits per heavy atom. The number of hydrogen-bond donors (Lipinski definition) is 1. The van der Waals surface area contributed by atoms with Gasteiger partial charge in [0, 0.05) is 11.6 Å². The zero-order chi connectivity index (χ0) is 7.84. The van der Waals surface area contributed by atoms with Gasteiger partial charge >= 0.3 is 0 Å². The van der Waals surface area contributed by atoms with Gasteiger partial charge in [0.15, 0.2) is 5.75 Å². The molecule has 0 atom stereocenters. The van der Waals surface area contributed by atoms with E-state index in [0.29, 0.717) is 16.8 Å².